The second-order valence-corrected chi connectivity index (χ2v) is 7.31. The van der Waals surface area contributed by atoms with Crippen molar-refractivity contribution >= 4 is 28.9 Å². The molecule has 0 aromatic heterocycles. The molecule has 0 atom stereocenters. The molecule has 1 aliphatic heterocycles. The Kier molecular flexibility index (Phi) is 8.60. The number of carbonyl (C=O) groups excluding carboxylic acids is 1. The van der Waals surface area contributed by atoms with Gasteiger partial charge in [-0.3, -0.25) is 10.2 Å². The van der Waals surface area contributed by atoms with E-state index in [1.807, 2.05) is 30.3 Å². The van der Waals surface area contributed by atoms with Crippen molar-refractivity contribution in [3.8, 4) is 5.75 Å². The van der Waals surface area contributed by atoms with E-state index in [0.717, 1.165) is 36.1 Å². The minimum atomic E-state index is -0.193. The number of hydrogen-bond donors (Lipinski definition) is 2. The molecule has 1 saturated heterocycles. The van der Waals surface area contributed by atoms with Gasteiger partial charge in [0.05, 0.1) is 11.5 Å². The van der Waals surface area contributed by atoms with Gasteiger partial charge in [-0.15, -0.1) is 0 Å². The van der Waals surface area contributed by atoms with Crippen molar-refractivity contribution in [3.05, 3.63) is 34.7 Å². The minimum absolute atomic E-state index is 0.171. The van der Waals surface area contributed by atoms with Crippen LogP contribution in [0.15, 0.2) is 29.2 Å². The van der Waals surface area contributed by atoms with E-state index in [-0.39, 0.29) is 11.1 Å². The molecule has 2 N–H and O–H groups in total. The number of thioether (sulfide) groups is 1. The number of carbonyl (C=O) groups is 1. The largest absolute Gasteiger partial charge is 0.494 e. The number of nitrogens with one attached hydrogen (secondary N) is 2. The number of rotatable bonds is 11. The first kappa shape index (κ1) is 19.6. The second-order valence-electron chi connectivity index (χ2n) is 6.29. The van der Waals surface area contributed by atoms with E-state index >= 15 is 0 Å². The third-order valence-electron chi connectivity index (χ3n) is 4.12. The highest BCUT2D eigenvalue weighted by atomic mass is 32.2. The molecule has 2 rings (SSSR count). The summed E-state index contributed by atoms with van der Waals surface area (Å²) in [6.45, 7) is 3.01. The Hall–Kier alpha value is -1.75. The summed E-state index contributed by atoms with van der Waals surface area (Å²) in [6, 6.07) is 7.78. The lowest BCUT2D eigenvalue weighted by Crippen LogP contribution is -2.17. The molecule has 136 valence electrons. The van der Waals surface area contributed by atoms with Crippen LogP contribution in [0.2, 0.25) is 0 Å². The Bertz CT molecular complexity index is 596. The van der Waals surface area contributed by atoms with Crippen molar-refractivity contribution in [1.82, 2.24) is 5.32 Å². The zero-order valence-corrected chi connectivity index (χ0v) is 15.8. The van der Waals surface area contributed by atoms with Gasteiger partial charge in [-0.05, 0) is 42.0 Å². The van der Waals surface area contributed by atoms with Gasteiger partial charge in [-0.1, -0.05) is 64.0 Å². The average molecular weight is 361 g/mol. The first-order valence-electron chi connectivity index (χ1n) is 9.21. The van der Waals surface area contributed by atoms with Crippen molar-refractivity contribution in [2.45, 2.75) is 58.3 Å². The van der Waals surface area contributed by atoms with Crippen molar-refractivity contribution in [1.29, 1.82) is 5.41 Å². The summed E-state index contributed by atoms with van der Waals surface area (Å²) in [7, 11) is 0. The zero-order valence-electron chi connectivity index (χ0n) is 15.0. The lowest BCUT2D eigenvalue weighted by atomic mass is 10.1. The van der Waals surface area contributed by atoms with Gasteiger partial charge in [0.15, 0.2) is 0 Å². The first-order valence-corrected chi connectivity index (χ1v) is 10.0. The van der Waals surface area contributed by atoms with Crippen LogP contribution in [0, 0.1) is 5.41 Å². The summed E-state index contributed by atoms with van der Waals surface area (Å²) < 4.78 is 5.78. The maximum absolute atomic E-state index is 11.2. The van der Waals surface area contributed by atoms with Crippen LogP contribution >= 0.6 is 11.8 Å². The standard InChI is InChI=1S/C20H28N2O2S/c1-2-3-4-5-6-7-8-9-14-24-17-12-10-16(11-13-17)15-18-19(21)22-20(23)25-18/h10-13,15H,2-9,14H2,1H3,(H2,21,22,23). The van der Waals surface area contributed by atoms with Gasteiger partial charge in [0.25, 0.3) is 5.24 Å². The van der Waals surface area contributed by atoms with Crippen LogP contribution in [0.3, 0.4) is 0 Å². The van der Waals surface area contributed by atoms with Gasteiger partial charge in [-0.2, -0.15) is 0 Å². The number of ether oxygens (including phenoxy) is 1. The van der Waals surface area contributed by atoms with Crippen LogP contribution in [-0.4, -0.2) is 17.7 Å². The van der Waals surface area contributed by atoms with E-state index in [9.17, 15) is 4.79 Å². The molecule has 1 amide bonds. The van der Waals surface area contributed by atoms with Crippen molar-refractivity contribution < 1.29 is 9.53 Å². The number of unbranched alkanes of at least 4 members (excludes halogenated alkanes) is 7. The van der Waals surface area contributed by atoms with Crippen molar-refractivity contribution in [3.63, 3.8) is 0 Å². The van der Waals surface area contributed by atoms with Crippen molar-refractivity contribution in [2.75, 3.05) is 6.61 Å². The molecular weight excluding hydrogens is 332 g/mol. The summed E-state index contributed by atoms with van der Waals surface area (Å²) in [5, 5.41) is 9.95. The third-order valence-corrected chi connectivity index (χ3v) is 4.95. The molecule has 25 heavy (non-hydrogen) atoms. The fraction of sp³-hybridized carbons (Fsp3) is 0.500. The van der Waals surface area contributed by atoms with Gasteiger partial charge >= 0.3 is 0 Å². The van der Waals surface area contributed by atoms with Crippen molar-refractivity contribution in [2.24, 2.45) is 0 Å². The Morgan fingerprint density at radius 1 is 1.04 bits per heavy atom. The highest BCUT2D eigenvalue weighted by Gasteiger charge is 2.21. The predicted octanol–water partition coefficient (Wildman–Crippen LogP) is 5.98. The fourth-order valence-corrected chi connectivity index (χ4v) is 3.38. The fourth-order valence-electron chi connectivity index (χ4n) is 2.68. The normalized spacial score (nSPS) is 15.6. The Balaban J connectivity index is 1.63. The van der Waals surface area contributed by atoms with Crippen LogP contribution in [0.5, 0.6) is 5.75 Å². The summed E-state index contributed by atoms with van der Waals surface area (Å²) >= 11 is 1.06. The van der Waals surface area contributed by atoms with Gasteiger partial charge in [0.2, 0.25) is 0 Å². The maximum atomic E-state index is 11.2. The van der Waals surface area contributed by atoms with Crippen LogP contribution in [0.1, 0.15) is 63.9 Å². The molecular formula is C20H28N2O2S. The molecule has 0 aliphatic carbocycles. The highest BCUT2D eigenvalue weighted by molar-refractivity contribution is 8.18. The molecule has 5 heteroatoms. The van der Waals surface area contributed by atoms with Gasteiger partial charge in [-0.25, -0.2) is 0 Å². The number of benzene rings is 1. The monoisotopic (exact) mass is 360 g/mol. The third kappa shape index (κ3) is 7.34. The lowest BCUT2D eigenvalue weighted by molar-refractivity contribution is 0.265. The number of amides is 1. The quantitative estimate of drug-likeness (QED) is 0.477. The lowest BCUT2D eigenvalue weighted by Gasteiger charge is -2.06. The molecule has 1 fully saturated rings. The van der Waals surface area contributed by atoms with Crippen LogP contribution in [-0.2, 0) is 0 Å². The molecule has 1 aromatic rings. The Morgan fingerprint density at radius 2 is 1.68 bits per heavy atom. The summed E-state index contributed by atoms with van der Waals surface area (Å²) in [5.41, 5.74) is 0.961. The molecule has 1 aliphatic rings. The topological polar surface area (TPSA) is 62.2 Å². The maximum Gasteiger partial charge on any atom is 0.289 e. The molecule has 0 saturated carbocycles. The molecule has 1 aromatic carbocycles. The summed E-state index contributed by atoms with van der Waals surface area (Å²) in [4.78, 5) is 11.9. The van der Waals surface area contributed by atoms with Gasteiger partial charge in [0.1, 0.15) is 11.6 Å². The highest BCUT2D eigenvalue weighted by Crippen LogP contribution is 2.26. The average Bonchev–Trinajstić information content (AvgIpc) is 2.92. The smallest absolute Gasteiger partial charge is 0.289 e. The number of hydrogen-bond acceptors (Lipinski definition) is 4. The van der Waals surface area contributed by atoms with Crippen LogP contribution < -0.4 is 10.1 Å². The van der Waals surface area contributed by atoms with E-state index in [1.165, 1.54) is 44.9 Å². The predicted molar refractivity (Wildman–Crippen MR) is 106 cm³/mol. The van der Waals surface area contributed by atoms with Gasteiger partial charge in [0, 0.05) is 0 Å². The van der Waals surface area contributed by atoms with E-state index in [2.05, 4.69) is 12.2 Å². The number of amidine groups is 1. The Morgan fingerprint density at radius 3 is 2.28 bits per heavy atom. The molecule has 0 radical (unpaired) electrons. The Labute approximate surface area is 154 Å². The first-order chi connectivity index (χ1) is 12.2. The zero-order chi connectivity index (χ0) is 17.9. The molecule has 0 unspecified atom stereocenters. The minimum Gasteiger partial charge on any atom is -0.494 e. The summed E-state index contributed by atoms with van der Waals surface area (Å²) in [6.07, 6.45) is 12.2. The van der Waals surface area contributed by atoms with Gasteiger partial charge < -0.3 is 10.1 Å². The van der Waals surface area contributed by atoms with E-state index in [0.29, 0.717) is 4.91 Å². The molecule has 4 nitrogen and oxygen atoms in total. The second kappa shape index (κ2) is 11.0. The molecule has 0 bridgehead atoms. The van der Waals surface area contributed by atoms with E-state index in [1.54, 1.807) is 0 Å². The van der Waals surface area contributed by atoms with Crippen LogP contribution in [0.4, 0.5) is 4.79 Å². The van der Waals surface area contributed by atoms with Crippen LogP contribution in [0.25, 0.3) is 6.08 Å². The van der Waals surface area contributed by atoms with E-state index < -0.39 is 0 Å². The SMILES string of the molecule is CCCCCCCCCCOc1ccc(C=C2SC(=O)NC2=N)cc1. The molecule has 1 heterocycles. The summed E-state index contributed by atoms with van der Waals surface area (Å²) in [5.74, 6) is 1.04. The van der Waals surface area contributed by atoms with E-state index in [4.69, 9.17) is 10.1 Å². The molecule has 0 spiro atoms.